The fourth-order valence-corrected chi connectivity index (χ4v) is 8.93. The second-order valence-corrected chi connectivity index (χ2v) is 13.1. The van der Waals surface area contributed by atoms with Crippen LogP contribution in [-0.4, -0.2) is 0 Å². The Bertz CT molecular complexity index is 2130. The highest BCUT2D eigenvalue weighted by Crippen LogP contribution is 2.52. The summed E-state index contributed by atoms with van der Waals surface area (Å²) in [6.45, 7) is 0. The zero-order valence-electron chi connectivity index (χ0n) is 22.6. The molecule has 0 unspecified atom stereocenters. The summed E-state index contributed by atoms with van der Waals surface area (Å²) in [6, 6.07) is 50.2. The van der Waals surface area contributed by atoms with Gasteiger partial charge in [-0.1, -0.05) is 127 Å². The molecule has 0 saturated heterocycles. The predicted molar refractivity (Wildman–Crippen MR) is 173 cm³/mol. The Labute approximate surface area is 244 Å². The van der Waals surface area contributed by atoms with Gasteiger partial charge in [0, 0.05) is 21.3 Å². The van der Waals surface area contributed by atoms with Gasteiger partial charge in [0.25, 0.3) is 0 Å². The Kier molecular flexibility index (Phi) is 5.73. The number of para-hydroxylation sites is 2. The topological polar surface area (TPSA) is 35.5 Å². The Hall–Kier alpha value is -5.11. The lowest BCUT2D eigenvalue weighted by Gasteiger charge is -2.25. The van der Waals surface area contributed by atoms with Crippen LogP contribution >= 0.6 is 7.14 Å². The molecule has 3 nitrogen and oxygen atoms in total. The molecule has 8 rings (SSSR count). The smallest absolute Gasteiger partial charge is 0.177 e. The molecule has 0 bridgehead atoms. The normalized spacial score (nSPS) is 12.3. The molecule has 1 aliphatic rings. The molecule has 0 radical (unpaired) electrons. The number of fused-ring (bicyclic) bond motifs is 5. The first-order chi connectivity index (χ1) is 20.7. The first kappa shape index (κ1) is 24.7. The zero-order valence-corrected chi connectivity index (χ0v) is 23.5. The molecule has 7 aromatic carbocycles. The number of rotatable bonds is 4. The maximum Gasteiger partial charge on any atom is 0.177 e. The maximum absolute atomic E-state index is 15.4. The minimum absolute atomic E-state index is 0.676. The van der Waals surface area contributed by atoms with Crippen LogP contribution < -0.4 is 25.4 Å². The Balaban J connectivity index is 1.39. The van der Waals surface area contributed by atoms with Crippen molar-refractivity contribution in [3.63, 3.8) is 0 Å². The molecule has 0 amide bonds. The van der Waals surface area contributed by atoms with E-state index in [2.05, 4.69) is 42.5 Å². The summed E-state index contributed by atoms with van der Waals surface area (Å²) in [5.74, 6) is 2.79. The van der Waals surface area contributed by atoms with Crippen molar-refractivity contribution < 1.29 is 14.0 Å². The third-order valence-electron chi connectivity index (χ3n) is 8.01. The second kappa shape index (κ2) is 9.76. The van der Waals surface area contributed by atoms with Crippen molar-refractivity contribution in [3.8, 4) is 34.1 Å². The fourth-order valence-electron chi connectivity index (χ4n) is 6.07. The van der Waals surface area contributed by atoms with E-state index < -0.39 is 7.14 Å². The number of benzene rings is 7. The molecule has 200 valence electrons. The van der Waals surface area contributed by atoms with Crippen molar-refractivity contribution >= 4 is 44.6 Å². The average molecular weight is 561 g/mol. The number of ether oxygens (including phenoxy) is 2. The van der Waals surface area contributed by atoms with Crippen LogP contribution in [0, 0.1) is 0 Å². The summed E-state index contributed by atoms with van der Waals surface area (Å²) in [5.41, 5.74) is 2.08. The van der Waals surface area contributed by atoms with Crippen LogP contribution in [0.15, 0.2) is 152 Å². The first-order valence-electron chi connectivity index (χ1n) is 14.0. The first-order valence-corrected chi connectivity index (χ1v) is 15.7. The van der Waals surface area contributed by atoms with Gasteiger partial charge in [-0.2, -0.15) is 0 Å². The lowest BCUT2D eigenvalue weighted by atomic mass is 9.93. The van der Waals surface area contributed by atoms with Crippen LogP contribution in [0.2, 0.25) is 0 Å². The van der Waals surface area contributed by atoms with Crippen LogP contribution in [0.3, 0.4) is 0 Å². The Morgan fingerprint density at radius 3 is 1.55 bits per heavy atom. The van der Waals surface area contributed by atoms with Gasteiger partial charge in [-0.15, -0.1) is 0 Å². The van der Waals surface area contributed by atoms with Crippen molar-refractivity contribution in [2.75, 3.05) is 0 Å². The average Bonchev–Trinajstić information content (AvgIpc) is 3.07. The van der Waals surface area contributed by atoms with E-state index >= 15 is 4.57 Å². The highest BCUT2D eigenvalue weighted by Gasteiger charge is 2.32. The largest absolute Gasteiger partial charge is 0.449 e. The van der Waals surface area contributed by atoms with E-state index in [9.17, 15) is 0 Å². The van der Waals surface area contributed by atoms with Crippen molar-refractivity contribution in [1.29, 1.82) is 0 Å². The molecular formula is C38H25O3P. The molecule has 1 heterocycles. The fraction of sp³-hybridized carbons (Fsp3) is 0. The van der Waals surface area contributed by atoms with Crippen LogP contribution in [0.5, 0.6) is 23.0 Å². The van der Waals surface area contributed by atoms with Crippen LogP contribution in [0.4, 0.5) is 0 Å². The highest BCUT2D eigenvalue weighted by molar-refractivity contribution is 7.85. The van der Waals surface area contributed by atoms with Crippen LogP contribution in [0.1, 0.15) is 0 Å². The molecule has 7 aromatic rings. The second-order valence-electron chi connectivity index (χ2n) is 10.4. The van der Waals surface area contributed by atoms with E-state index in [0.29, 0.717) is 23.0 Å². The minimum Gasteiger partial charge on any atom is -0.449 e. The minimum atomic E-state index is -3.18. The summed E-state index contributed by atoms with van der Waals surface area (Å²) < 4.78 is 28.1. The van der Waals surface area contributed by atoms with Gasteiger partial charge in [-0.25, -0.2) is 0 Å². The number of hydrogen-bond acceptors (Lipinski definition) is 3. The standard InChI is InChI=1S/C38H25O3P/c39-42(26-13-3-1-4-14-26,27-15-5-2-6-16-27)37-24-23-30(28-17-7-9-19-31(28)37)33-25-36-38(32-20-10-8-18-29(32)33)41-35-22-12-11-21-34(35)40-36/h1-25H. The van der Waals surface area contributed by atoms with Crippen molar-refractivity contribution in [1.82, 2.24) is 0 Å². The van der Waals surface area contributed by atoms with Crippen LogP contribution in [0.25, 0.3) is 32.7 Å². The van der Waals surface area contributed by atoms with Gasteiger partial charge in [0.15, 0.2) is 30.1 Å². The quantitative estimate of drug-likeness (QED) is 0.201. The van der Waals surface area contributed by atoms with E-state index in [-0.39, 0.29) is 0 Å². The Morgan fingerprint density at radius 2 is 0.905 bits per heavy atom. The molecule has 0 saturated carbocycles. The van der Waals surface area contributed by atoms with Gasteiger partial charge in [-0.05, 0) is 51.6 Å². The van der Waals surface area contributed by atoms with Gasteiger partial charge in [0.05, 0.1) is 0 Å². The summed E-state index contributed by atoms with van der Waals surface area (Å²) in [6.07, 6.45) is 0. The molecule has 0 atom stereocenters. The summed E-state index contributed by atoms with van der Waals surface area (Å²) in [4.78, 5) is 0. The summed E-state index contributed by atoms with van der Waals surface area (Å²) in [5, 5.41) is 6.50. The van der Waals surface area contributed by atoms with Gasteiger partial charge < -0.3 is 14.0 Å². The third kappa shape index (κ3) is 3.79. The van der Waals surface area contributed by atoms with Crippen molar-refractivity contribution in [2.24, 2.45) is 0 Å². The molecule has 0 aromatic heterocycles. The Morgan fingerprint density at radius 1 is 0.405 bits per heavy atom. The highest BCUT2D eigenvalue weighted by atomic mass is 31.2. The summed E-state index contributed by atoms with van der Waals surface area (Å²) >= 11 is 0. The molecule has 42 heavy (non-hydrogen) atoms. The summed E-state index contributed by atoms with van der Waals surface area (Å²) in [7, 11) is -3.18. The SMILES string of the molecule is O=P(c1ccccc1)(c1ccccc1)c1ccc(-c2cc3c(c4ccccc24)Oc2ccccc2O3)c2ccccc12. The van der Waals surface area contributed by atoms with Crippen LogP contribution in [-0.2, 0) is 4.57 Å². The third-order valence-corrected chi connectivity index (χ3v) is 11.1. The van der Waals surface area contributed by atoms with Gasteiger partial charge >= 0.3 is 0 Å². The maximum atomic E-state index is 15.4. The lowest BCUT2D eigenvalue weighted by molar-refractivity contribution is 0.363. The number of hydrogen-bond donors (Lipinski definition) is 0. The molecule has 1 aliphatic heterocycles. The molecule has 0 N–H and O–H groups in total. The van der Waals surface area contributed by atoms with E-state index in [1.54, 1.807) is 0 Å². The molecular weight excluding hydrogens is 535 g/mol. The lowest BCUT2D eigenvalue weighted by Crippen LogP contribution is -2.25. The van der Waals surface area contributed by atoms with E-state index in [1.165, 1.54) is 0 Å². The predicted octanol–water partition coefficient (Wildman–Crippen LogP) is 9.20. The van der Waals surface area contributed by atoms with E-state index in [1.807, 2.05) is 109 Å². The van der Waals surface area contributed by atoms with Crippen molar-refractivity contribution in [2.45, 2.75) is 0 Å². The molecule has 0 fully saturated rings. The van der Waals surface area contributed by atoms with Crippen molar-refractivity contribution in [3.05, 3.63) is 152 Å². The van der Waals surface area contributed by atoms with E-state index in [4.69, 9.17) is 9.47 Å². The van der Waals surface area contributed by atoms with Gasteiger partial charge in [0.2, 0.25) is 0 Å². The zero-order chi connectivity index (χ0) is 28.1. The van der Waals surface area contributed by atoms with E-state index in [0.717, 1.165) is 48.6 Å². The van der Waals surface area contributed by atoms with Gasteiger partial charge in [-0.3, -0.25) is 0 Å². The molecule has 4 heteroatoms. The van der Waals surface area contributed by atoms with Gasteiger partial charge in [0.1, 0.15) is 0 Å². The monoisotopic (exact) mass is 560 g/mol. The molecule has 0 spiro atoms. The molecule has 0 aliphatic carbocycles.